The summed E-state index contributed by atoms with van der Waals surface area (Å²) in [5.41, 5.74) is -0.412. The van der Waals surface area contributed by atoms with Crippen molar-refractivity contribution >= 4 is 30.4 Å². The number of hydrogen-bond acceptors (Lipinski definition) is 6. The van der Waals surface area contributed by atoms with Crippen molar-refractivity contribution in [2.75, 3.05) is 19.8 Å². The molecule has 1 aliphatic rings. The maximum atomic E-state index is 12.7. The number of nitrogens with one attached hydrogen (secondary N) is 2. The van der Waals surface area contributed by atoms with E-state index in [0.29, 0.717) is 13.2 Å². The number of hydrogen-bond donors (Lipinski definition) is 4. The second-order valence-corrected chi connectivity index (χ2v) is 8.43. The van der Waals surface area contributed by atoms with Crippen LogP contribution >= 0.6 is 12.6 Å². The molecule has 1 saturated heterocycles. The molecule has 0 aromatic heterocycles. The van der Waals surface area contributed by atoms with Crippen LogP contribution in [0.2, 0.25) is 0 Å². The van der Waals surface area contributed by atoms with E-state index in [1.54, 1.807) is 0 Å². The molecule has 0 aliphatic carbocycles. The summed E-state index contributed by atoms with van der Waals surface area (Å²) < 4.78 is 10.7. The predicted octanol–water partition coefficient (Wildman–Crippen LogP) is 1.39. The van der Waals surface area contributed by atoms with E-state index in [-0.39, 0.29) is 25.0 Å². The van der Waals surface area contributed by atoms with Gasteiger partial charge in [-0.05, 0) is 38.2 Å². The number of carbonyl (C=O) groups excluding carboxylic acids is 2. The van der Waals surface area contributed by atoms with Crippen molar-refractivity contribution in [2.45, 2.75) is 50.1 Å². The predicted molar refractivity (Wildman–Crippen MR) is 114 cm³/mol. The summed E-state index contributed by atoms with van der Waals surface area (Å²) in [6.07, 6.45) is 1.46. The highest BCUT2D eigenvalue weighted by Gasteiger charge is 2.36. The smallest absolute Gasteiger partial charge is 0.328 e. The van der Waals surface area contributed by atoms with Crippen molar-refractivity contribution in [3.05, 3.63) is 35.9 Å². The van der Waals surface area contributed by atoms with Crippen molar-refractivity contribution in [1.82, 2.24) is 10.6 Å². The van der Waals surface area contributed by atoms with Crippen LogP contribution in [0.4, 0.5) is 0 Å². The summed E-state index contributed by atoms with van der Waals surface area (Å²) in [5, 5.41) is 14.0. The number of thiol groups is 1. The van der Waals surface area contributed by atoms with Gasteiger partial charge in [0.2, 0.25) is 11.8 Å². The molecule has 1 unspecified atom stereocenters. The number of amides is 2. The van der Waals surface area contributed by atoms with Crippen LogP contribution in [-0.2, 0) is 30.5 Å². The molecule has 9 heteroatoms. The number of benzene rings is 1. The second kappa shape index (κ2) is 11.3. The van der Waals surface area contributed by atoms with Gasteiger partial charge in [0.15, 0.2) is 6.04 Å². The third-order valence-electron chi connectivity index (χ3n) is 4.98. The number of carboxylic acids is 1. The van der Waals surface area contributed by atoms with Crippen LogP contribution in [0.25, 0.3) is 0 Å². The van der Waals surface area contributed by atoms with Crippen LogP contribution in [0.5, 0.6) is 0 Å². The Balaban J connectivity index is 1.87. The summed E-state index contributed by atoms with van der Waals surface area (Å²) in [4.78, 5) is 36.8. The van der Waals surface area contributed by atoms with Crippen molar-refractivity contribution in [3.8, 4) is 0 Å². The molecule has 2 rings (SSSR count). The van der Waals surface area contributed by atoms with E-state index in [1.165, 1.54) is 13.8 Å². The van der Waals surface area contributed by atoms with Gasteiger partial charge in [0.1, 0.15) is 5.54 Å². The Morgan fingerprint density at radius 2 is 1.87 bits per heavy atom. The third-order valence-corrected chi connectivity index (χ3v) is 5.64. The van der Waals surface area contributed by atoms with Gasteiger partial charge in [-0.2, -0.15) is 12.6 Å². The Morgan fingerprint density at radius 3 is 2.47 bits per heavy atom. The molecular formula is C21H30N2O6S. The molecule has 1 fully saturated rings. The summed E-state index contributed by atoms with van der Waals surface area (Å²) in [5.74, 6) is -2.12. The molecule has 30 heavy (non-hydrogen) atoms. The average molecular weight is 439 g/mol. The lowest BCUT2D eigenvalue weighted by atomic mass is 9.94. The normalized spacial score (nSPS) is 17.0. The van der Waals surface area contributed by atoms with Gasteiger partial charge in [0, 0.05) is 13.2 Å². The summed E-state index contributed by atoms with van der Waals surface area (Å²) in [6, 6.07) is 8.07. The van der Waals surface area contributed by atoms with Crippen LogP contribution in [-0.4, -0.2) is 59.5 Å². The lowest BCUT2D eigenvalue weighted by Gasteiger charge is -2.31. The Hall–Kier alpha value is -2.10. The van der Waals surface area contributed by atoms with E-state index in [4.69, 9.17) is 9.47 Å². The first-order valence-electron chi connectivity index (χ1n) is 9.94. The van der Waals surface area contributed by atoms with Gasteiger partial charge in [0.25, 0.3) is 0 Å². The van der Waals surface area contributed by atoms with Crippen LogP contribution in [0.3, 0.4) is 0 Å². The maximum Gasteiger partial charge on any atom is 0.328 e. The Morgan fingerprint density at radius 1 is 1.23 bits per heavy atom. The Labute approximate surface area is 182 Å². The number of carbonyl (C=O) groups is 3. The van der Waals surface area contributed by atoms with Crippen molar-refractivity contribution in [2.24, 2.45) is 5.92 Å². The monoisotopic (exact) mass is 438 g/mol. The summed E-state index contributed by atoms with van der Waals surface area (Å²) in [6.45, 7) is 4.25. The van der Waals surface area contributed by atoms with E-state index in [0.717, 1.165) is 18.4 Å². The fourth-order valence-electron chi connectivity index (χ4n) is 3.07. The Bertz CT molecular complexity index is 721. The Kier molecular flexibility index (Phi) is 9.13. The van der Waals surface area contributed by atoms with Crippen LogP contribution < -0.4 is 10.6 Å². The van der Waals surface area contributed by atoms with Gasteiger partial charge < -0.3 is 25.2 Å². The molecule has 3 N–H and O–H groups in total. The summed E-state index contributed by atoms with van der Waals surface area (Å²) in [7, 11) is 0. The fourth-order valence-corrected chi connectivity index (χ4v) is 3.43. The first kappa shape index (κ1) is 24.2. The van der Waals surface area contributed by atoms with Crippen LogP contribution in [0.15, 0.2) is 30.3 Å². The van der Waals surface area contributed by atoms with E-state index in [1.807, 2.05) is 30.3 Å². The number of rotatable bonds is 10. The average Bonchev–Trinajstić information content (AvgIpc) is 2.73. The quantitative estimate of drug-likeness (QED) is 0.411. The minimum atomic E-state index is -1.31. The molecule has 0 spiro atoms. The van der Waals surface area contributed by atoms with Crippen LogP contribution in [0.1, 0.15) is 32.3 Å². The molecule has 0 radical (unpaired) electrons. The lowest BCUT2D eigenvalue weighted by Crippen LogP contribution is -2.60. The molecule has 1 aliphatic heterocycles. The van der Waals surface area contributed by atoms with Gasteiger partial charge in [-0.15, -0.1) is 0 Å². The third kappa shape index (κ3) is 7.30. The van der Waals surface area contributed by atoms with Crippen LogP contribution in [0, 0.1) is 5.92 Å². The number of ether oxygens (including phenoxy) is 2. The van der Waals surface area contributed by atoms with E-state index >= 15 is 0 Å². The van der Waals surface area contributed by atoms with Gasteiger partial charge in [-0.1, -0.05) is 30.3 Å². The molecule has 2 atom stereocenters. The number of aliphatic carboxylic acids is 1. The molecule has 1 heterocycles. The van der Waals surface area contributed by atoms with E-state index in [2.05, 4.69) is 23.3 Å². The zero-order valence-electron chi connectivity index (χ0n) is 17.3. The molecule has 166 valence electrons. The zero-order valence-corrected chi connectivity index (χ0v) is 18.2. The molecule has 1 aromatic rings. The first-order chi connectivity index (χ1) is 14.2. The van der Waals surface area contributed by atoms with Gasteiger partial charge in [-0.3, -0.25) is 9.59 Å². The topological polar surface area (TPSA) is 114 Å². The highest BCUT2D eigenvalue weighted by atomic mass is 32.1. The van der Waals surface area contributed by atoms with E-state index < -0.39 is 28.7 Å². The van der Waals surface area contributed by atoms with Gasteiger partial charge >= 0.3 is 5.97 Å². The largest absolute Gasteiger partial charge is 0.480 e. The molecule has 2 amide bonds. The molecular weight excluding hydrogens is 408 g/mol. The minimum Gasteiger partial charge on any atom is -0.480 e. The minimum absolute atomic E-state index is 0.0686. The highest BCUT2D eigenvalue weighted by molar-refractivity contribution is 7.81. The van der Waals surface area contributed by atoms with Gasteiger partial charge in [-0.25, -0.2) is 4.79 Å². The highest BCUT2D eigenvalue weighted by Crippen LogP contribution is 2.23. The van der Waals surface area contributed by atoms with Gasteiger partial charge in [0.05, 0.1) is 18.5 Å². The molecule has 0 saturated carbocycles. The SMILES string of the molecule is CC(C)(NC(=O)C(S)C1CCOCC1)C(=O)N[C@H](COCc1ccccc1)C(=O)O. The second-order valence-electron chi connectivity index (χ2n) is 7.87. The van der Waals surface area contributed by atoms with Crippen molar-refractivity contribution in [1.29, 1.82) is 0 Å². The maximum absolute atomic E-state index is 12.7. The molecule has 0 bridgehead atoms. The fraction of sp³-hybridized carbons (Fsp3) is 0.571. The summed E-state index contributed by atoms with van der Waals surface area (Å²) >= 11 is 4.42. The van der Waals surface area contributed by atoms with Crippen molar-refractivity contribution < 1.29 is 29.0 Å². The van der Waals surface area contributed by atoms with Crippen molar-refractivity contribution in [3.63, 3.8) is 0 Å². The molecule has 8 nitrogen and oxygen atoms in total. The molecule has 1 aromatic carbocycles. The number of carboxylic acid groups (broad SMARTS) is 1. The first-order valence-corrected chi connectivity index (χ1v) is 10.5. The lowest BCUT2D eigenvalue weighted by molar-refractivity contribution is -0.145. The zero-order chi connectivity index (χ0) is 22.1. The standard InChI is InChI=1S/C21H30N2O6S/c1-21(2,23-18(24)17(30)15-8-10-28-11-9-15)20(27)22-16(19(25)26)13-29-12-14-6-4-3-5-7-14/h3-7,15-17,30H,8-13H2,1-2H3,(H,22,27)(H,23,24)(H,25,26)/t16-,17?/m1/s1. The van der Waals surface area contributed by atoms with E-state index in [9.17, 15) is 19.5 Å².